The van der Waals surface area contributed by atoms with Crippen LogP contribution in [0.15, 0.2) is 54.7 Å². The second-order valence-corrected chi connectivity index (χ2v) is 6.63. The van der Waals surface area contributed by atoms with Gasteiger partial charge in [-0.15, -0.1) is 0 Å². The van der Waals surface area contributed by atoms with Gasteiger partial charge in [-0.1, -0.05) is 32.0 Å². The van der Waals surface area contributed by atoms with Crippen LogP contribution in [0.1, 0.15) is 36.6 Å². The number of anilines is 1. The van der Waals surface area contributed by atoms with Crippen LogP contribution in [0.5, 0.6) is 0 Å². The zero-order valence-electron chi connectivity index (χ0n) is 14.8. The molecule has 0 amide bonds. The molecule has 3 aromatic heterocycles. The van der Waals surface area contributed by atoms with Gasteiger partial charge < -0.3 is 0 Å². The van der Waals surface area contributed by atoms with Crippen LogP contribution in [0.4, 0.5) is 5.82 Å². The number of hydrogen-bond acceptors (Lipinski definition) is 3. The SMILES string of the molecule is CC(C)c1cc(NCc2ccccn2)[n+]2c([nH]c3ccccc32)c1C#N. The van der Waals surface area contributed by atoms with Gasteiger partial charge in [-0.25, -0.2) is 0 Å². The minimum Gasteiger partial charge on any atom is -0.300 e. The summed E-state index contributed by atoms with van der Waals surface area (Å²) in [5.41, 5.74) is 5.56. The first-order valence-electron chi connectivity index (χ1n) is 8.72. The molecular formula is C21H20N5+. The quantitative estimate of drug-likeness (QED) is 0.553. The number of para-hydroxylation sites is 2. The maximum absolute atomic E-state index is 9.78. The molecule has 0 aliphatic rings. The van der Waals surface area contributed by atoms with Crippen molar-refractivity contribution < 1.29 is 4.40 Å². The van der Waals surface area contributed by atoms with Gasteiger partial charge in [-0.2, -0.15) is 9.66 Å². The molecule has 0 saturated heterocycles. The van der Waals surface area contributed by atoms with E-state index < -0.39 is 0 Å². The molecule has 3 heterocycles. The van der Waals surface area contributed by atoms with E-state index in [9.17, 15) is 5.26 Å². The number of fused-ring (bicyclic) bond motifs is 3. The third-order valence-electron chi connectivity index (χ3n) is 4.59. The number of nitriles is 1. The monoisotopic (exact) mass is 342 g/mol. The number of pyridine rings is 2. The highest BCUT2D eigenvalue weighted by Gasteiger charge is 2.23. The number of aromatic nitrogens is 3. The Morgan fingerprint density at radius 1 is 1.19 bits per heavy atom. The standard InChI is InChI=1S/C21H19N5/c1-14(2)16-11-20(24-13-15-7-5-6-10-23-15)26-19-9-4-3-8-18(19)25-21(26)17(16)12-22/h3-11,14H,13H2,1-2H3,(H,24,25)/p+1. The van der Waals surface area contributed by atoms with E-state index >= 15 is 0 Å². The first-order chi connectivity index (χ1) is 12.7. The van der Waals surface area contributed by atoms with Gasteiger partial charge in [0.05, 0.1) is 5.69 Å². The summed E-state index contributed by atoms with van der Waals surface area (Å²) in [6.07, 6.45) is 1.80. The Kier molecular flexibility index (Phi) is 4.02. The van der Waals surface area contributed by atoms with Crippen molar-refractivity contribution in [2.24, 2.45) is 0 Å². The lowest BCUT2D eigenvalue weighted by Gasteiger charge is -2.11. The van der Waals surface area contributed by atoms with Gasteiger partial charge in [0.15, 0.2) is 0 Å². The topological polar surface area (TPSA) is 68.6 Å². The van der Waals surface area contributed by atoms with E-state index in [0.29, 0.717) is 12.1 Å². The van der Waals surface area contributed by atoms with Gasteiger partial charge in [0.25, 0.3) is 0 Å². The molecule has 4 rings (SSSR count). The number of nitrogens with zero attached hydrogens (tertiary/aromatic N) is 3. The summed E-state index contributed by atoms with van der Waals surface area (Å²) in [7, 11) is 0. The van der Waals surface area contributed by atoms with E-state index in [0.717, 1.165) is 33.8 Å². The molecule has 0 bridgehead atoms. The summed E-state index contributed by atoms with van der Waals surface area (Å²) >= 11 is 0. The molecule has 2 N–H and O–H groups in total. The van der Waals surface area contributed by atoms with Crippen LogP contribution in [-0.4, -0.2) is 9.97 Å². The lowest BCUT2D eigenvalue weighted by molar-refractivity contribution is -0.465. The van der Waals surface area contributed by atoms with Crippen LogP contribution in [-0.2, 0) is 6.54 Å². The molecule has 0 unspecified atom stereocenters. The van der Waals surface area contributed by atoms with E-state index in [2.05, 4.69) is 51.7 Å². The molecule has 0 atom stereocenters. The number of rotatable bonds is 4. The molecule has 128 valence electrons. The van der Waals surface area contributed by atoms with Crippen molar-refractivity contribution in [2.75, 3.05) is 5.32 Å². The van der Waals surface area contributed by atoms with Crippen molar-refractivity contribution in [2.45, 2.75) is 26.3 Å². The molecule has 0 aliphatic carbocycles. The average molecular weight is 342 g/mol. The fourth-order valence-corrected chi connectivity index (χ4v) is 3.31. The van der Waals surface area contributed by atoms with Crippen molar-refractivity contribution in [3.8, 4) is 6.07 Å². The van der Waals surface area contributed by atoms with Crippen molar-refractivity contribution in [3.05, 3.63) is 71.5 Å². The molecule has 4 aromatic rings. The maximum Gasteiger partial charge on any atom is 0.250 e. The number of nitrogens with one attached hydrogen (secondary N) is 2. The number of benzene rings is 1. The summed E-state index contributed by atoms with van der Waals surface area (Å²) in [5.74, 6) is 1.20. The first-order valence-corrected chi connectivity index (χ1v) is 8.72. The molecule has 5 nitrogen and oxygen atoms in total. The minimum atomic E-state index is 0.247. The molecule has 0 fully saturated rings. The second kappa shape index (κ2) is 6.49. The Bertz CT molecular complexity index is 1120. The van der Waals surface area contributed by atoms with Gasteiger partial charge in [0, 0.05) is 12.3 Å². The van der Waals surface area contributed by atoms with Crippen molar-refractivity contribution >= 4 is 22.5 Å². The normalized spacial score (nSPS) is 11.2. The molecule has 0 radical (unpaired) electrons. The second-order valence-electron chi connectivity index (χ2n) is 6.63. The summed E-state index contributed by atoms with van der Waals surface area (Å²) in [6.45, 7) is 4.83. The Morgan fingerprint density at radius 2 is 2.00 bits per heavy atom. The molecule has 1 aromatic carbocycles. The van der Waals surface area contributed by atoms with Crippen LogP contribution >= 0.6 is 0 Å². The maximum atomic E-state index is 9.78. The van der Waals surface area contributed by atoms with Crippen LogP contribution in [0.25, 0.3) is 16.7 Å². The van der Waals surface area contributed by atoms with Gasteiger partial charge in [0.1, 0.15) is 29.2 Å². The number of imidazole rings is 1. The summed E-state index contributed by atoms with van der Waals surface area (Å²) in [5, 5.41) is 13.3. The van der Waals surface area contributed by atoms with Crippen LogP contribution in [0.2, 0.25) is 0 Å². The summed E-state index contributed by atoms with van der Waals surface area (Å²) < 4.78 is 2.09. The summed E-state index contributed by atoms with van der Waals surface area (Å²) in [6, 6.07) is 18.5. The van der Waals surface area contributed by atoms with Gasteiger partial charge in [-0.3, -0.25) is 15.3 Å². The van der Waals surface area contributed by atoms with Crippen LogP contribution in [0.3, 0.4) is 0 Å². The lowest BCUT2D eigenvalue weighted by Crippen LogP contribution is -2.28. The molecule has 5 heteroatoms. The highest BCUT2D eigenvalue weighted by atomic mass is 15.1. The predicted octanol–water partition coefficient (Wildman–Crippen LogP) is 3.91. The lowest BCUT2D eigenvalue weighted by atomic mass is 9.99. The van der Waals surface area contributed by atoms with E-state index in [1.807, 2.05) is 36.4 Å². The first kappa shape index (κ1) is 16.1. The van der Waals surface area contributed by atoms with E-state index in [1.165, 1.54) is 0 Å². The fourth-order valence-electron chi connectivity index (χ4n) is 3.31. The van der Waals surface area contributed by atoms with Crippen LogP contribution in [0, 0.1) is 11.3 Å². The van der Waals surface area contributed by atoms with Crippen LogP contribution < -0.4 is 9.72 Å². The molecule has 0 saturated carbocycles. The fraction of sp³-hybridized carbons (Fsp3) is 0.190. The largest absolute Gasteiger partial charge is 0.300 e. The number of aromatic amines is 1. The zero-order valence-corrected chi connectivity index (χ0v) is 14.8. The highest BCUT2D eigenvalue weighted by Crippen LogP contribution is 2.26. The van der Waals surface area contributed by atoms with Gasteiger partial charge in [-0.05, 0) is 35.7 Å². The third kappa shape index (κ3) is 2.66. The van der Waals surface area contributed by atoms with Gasteiger partial charge >= 0.3 is 0 Å². The Labute approximate surface area is 151 Å². The molecule has 0 spiro atoms. The minimum absolute atomic E-state index is 0.247. The Morgan fingerprint density at radius 3 is 2.73 bits per heavy atom. The molecule has 26 heavy (non-hydrogen) atoms. The summed E-state index contributed by atoms with van der Waals surface area (Å²) in [4.78, 5) is 7.80. The zero-order chi connectivity index (χ0) is 18.1. The van der Waals surface area contributed by atoms with Crippen molar-refractivity contribution in [1.82, 2.24) is 9.97 Å². The average Bonchev–Trinajstić information content (AvgIpc) is 3.06. The van der Waals surface area contributed by atoms with E-state index in [4.69, 9.17) is 0 Å². The predicted molar refractivity (Wildman–Crippen MR) is 102 cm³/mol. The van der Waals surface area contributed by atoms with Crippen molar-refractivity contribution in [3.63, 3.8) is 0 Å². The van der Waals surface area contributed by atoms with Crippen molar-refractivity contribution in [1.29, 1.82) is 5.26 Å². The Balaban J connectivity index is 1.93. The molecular weight excluding hydrogens is 322 g/mol. The van der Waals surface area contributed by atoms with Gasteiger partial charge in [0.2, 0.25) is 11.5 Å². The third-order valence-corrected chi connectivity index (χ3v) is 4.59. The smallest absolute Gasteiger partial charge is 0.250 e. The number of H-pyrrole nitrogens is 1. The van der Waals surface area contributed by atoms with E-state index in [-0.39, 0.29) is 5.92 Å². The molecule has 0 aliphatic heterocycles. The van der Waals surface area contributed by atoms with E-state index in [1.54, 1.807) is 6.20 Å². The number of hydrogen-bond donors (Lipinski definition) is 2. The highest BCUT2D eigenvalue weighted by molar-refractivity contribution is 5.77. The Hall–Kier alpha value is -3.39.